The second-order valence-electron chi connectivity index (χ2n) is 6.81. The van der Waals surface area contributed by atoms with E-state index >= 15 is 0 Å². The number of benzene rings is 1. The summed E-state index contributed by atoms with van der Waals surface area (Å²) in [5.74, 6) is 1.08. The summed E-state index contributed by atoms with van der Waals surface area (Å²) in [7, 11) is 1.53. The van der Waals surface area contributed by atoms with Crippen LogP contribution < -0.4 is 14.8 Å². The second-order valence-corrected chi connectivity index (χ2v) is 6.81. The van der Waals surface area contributed by atoms with Gasteiger partial charge in [0.15, 0.2) is 17.3 Å². The molecule has 2 aliphatic rings. The highest BCUT2D eigenvalue weighted by atomic mass is 16.8. The van der Waals surface area contributed by atoms with Crippen LogP contribution in [0.25, 0.3) is 0 Å². The SMILES string of the molecule is COc1ccccc1O[C@H]1O[C@@H]2CO[C@H](c3ccco3)O[C@@H]2[C@@H](O)[C@H]1NC(C)=O. The Kier molecular flexibility index (Phi) is 5.72. The molecule has 9 nitrogen and oxygen atoms in total. The molecule has 3 heterocycles. The van der Waals surface area contributed by atoms with Gasteiger partial charge in [-0.05, 0) is 24.3 Å². The number of amides is 1. The third-order valence-electron chi connectivity index (χ3n) is 4.82. The first-order valence-electron chi connectivity index (χ1n) is 9.27. The number of aliphatic hydroxyl groups is 1. The molecule has 156 valence electrons. The van der Waals surface area contributed by atoms with Gasteiger partial charge < -0.3 is 38.5 Å². The van der Waals surface area contributed by atoms with Crippen LogP contribution in [0.5, 0.6) is 11.5 Å². The minimum Gasteiger partial charge on any atom is -0.493 e. The minimum atomic E-state index is -1.10. The number of rotatable bonds is 5. The maximum absolute atomic E-state index is 11.8. The van der Waals surface area contributed by atoms with Crippen LogP contribution in [0, 0.1) is 0 Å². The van der Waals surface area contributed by atoms with Gasteiger partial charge in [-0.15, -0.1) is 0 Å². The molecular formula is C20H23NO8. The molecule has 0 bridgehead atoms. The molecule has 1 aromatic carbocycles. The van der Waals surface area contributed by atoms with Gasteiger partial charge in [-0.25, -0.2) is 0 Å². The lowest BCUT2D eigenvalue weighted by molar-refractivity contribution is -0.336. The van der Waals surface area contributed by atoms with Gasteiger partial charge in [0.25, 0.3) is 0 Å². The summed E-state index contributed by atoms with van der Waals surface area (Å²) in [6, 6.07) is 9.63. The van der Waals surface area contributed by atoms with Crippen molar-refractivity contribution in [3.8, 4) is 11.5 Å². The highest BCUT2D eigenvalue weighted by Crippen LogP contribution is 2.36. The monoisotopic (exact) mass is 405 g/mol. The van der Waals surface area contributed by atoms with Crippen molar-refractivity contribution in [2.24, 2.45) is 0 Å². The topological polar surface area (TPSA) is 109 Å². The van der Waals surface area contributed by atoms with Crippen molar-refractivity contribution >= 4 is 5.91 Å². The Balaban J connectivity index is 1.55. The van der Waals surface area contributed by atoms with Crippen molar-refractivity contribution in [1.82, 2.24) is 5.32 Å². The van der Waals surface area contributed by atoms with E-state index in [0.717, 1.165) is 0 Å². The van der Waals surface area contributed by atoms with Gasteiger partial charge in [-0.3, -0.25) is 4.79 Å². The molecule has 0 aliphatic carbocycles. The van der Waals surface area contributed by atoms with Crippen molar-refractivity contribution in [2.75, 3.05) is 13.7 Å². The number of fused-ring (bicyclic) bond motifs is 1. The molecule has 1 amide bonds. The van der Waals surface area contributed by atoms with Crippen molar-refractivity contribution in [2.45, 2.75) is 43.9 Å². The molecule has 29 heavy (non-hydrogen) atoms. The molecule has 9 heteroatoms. The van der Waals surface area contributed by atoms with E-state index in [4.69, 9.17) is 28.1 Å². The molecule has 2 N–H and O–H groups in total. The Bertz CT molecular complexity index is 826. The van der Waals surface area contributed by atoms with E-state index in [0.29, 0.717) is 17.3 Å². The molecule has 0 radical (unpaired) electrons. The highest BCUT2D eigenvalue weighted by Gasteiger charge is 2.51. The van der Waals surface area contributed by atoms with E-state index in [1.165, 1.54) is 20.3 Å². The lowest BCUT2D eigenvalue weighted by atomic mass is 9.96. The molecule has 0 spiro atoms. The summed E-state index contributed by atoms with van der Waals surface area (Å²) in [4.78, 5) is 11.8. The summed E-state index contributed by atoms with van der Waals surface area (Å²) in [6.45, 7) is 1.52. The van der Waals surface area contributed by atoms with Crippen LogP contribution in [0.2, 0.25) is 0 Å². The zero-order valence-electron chi connectivity index (χ0n) is 16.0. The van der Waals surface area contributed by atoms with Crippen LogP contribution in [0.15, 0.2) is 47.1 Å². The average Bonchev–Trinajstić information content (AvgIpc) is 3.26. The number of hydrogen-bond acceptors (Lipinski definition) is 8. The lowest BCUT2D eigenvalue weighted by Crippen LogP contribution is -2.67. The number of para-hydroxylation sites is 2. The summed E-state index contributed by atoms with van der Waals surface area (Å²) in [5.41, 5.74) is 0. The van der Waals surface area contributed by atoms with Crippen molar-refractivity contribution < 1.29 is 38.0 Å². The van der Waals surface area contributed by atoms with E-state index in [1.807, 2.05) is 0 Å². The Labute approximate surface area is 167 Å². The number of methoxy groups -OCH3 is 1. The zero-order chi connectivity index (χ0) is 20.4. The molecule has 2 aromatic rings. The average molecular weight is 405 g/mol. The van der Waals surface area contributed by atoms with E-state index in [9.17, 15) is 9.90 Å². The number of carbonyl (C=O) groups is 1. The Hall–Kier alpha value is -2.59. The predicted molar refractivity (Wildman–Crippen MR) is 98.2 cm³/mol. The third kappa shape index (κ3) is 4.08. The van der Waals surface area contributed by atoms with Gasteiger partial charge in [0.05, 0.1) is 20.0 Å². The van der Waals surface area contributed by atoms with E-state index < -0.39 is 36.9 Å². The number of carbonyl (C=O) groups excluding carboxylic acids is 1. The van der Waals surface area contributed by atoms with Gasteiger partial charge in [-0.2, -0.15) is 0 Å². The maximum Gasteiger partial charge on any atom is 0.223 e. The molecule has 1 aromatic heterocycles. The van der Waals surface area contributed by atoms with E-state index in [1.54, 1.807) is 36.4 Å². The zero-order valence-corrected chi connectivity index (χ0v) is 16.0. The van der Waals surface area contributed by atoms with Crippen LogP contribution in [0.4, 0.5) is 0 Å². The van der Waals surface area contributed by atoms with E-state index in [-0.39, 0.29) is 12.5 Å². The van der Waals surface area contributed by atoms with Crippen LogP contribution >= 0.6 is 0 Å². The number of nitrogens with one attached hydrogen (secondary N) is 1. The maximum atomic E-state index is 11.8. The quantitative estimate of drug-likeness (QED) is 0.768. The fourth-order valence-corrected chi connectivity index (χ4v) is 3.49. The first kappa shape index (κ1) is 19.7. The molecule has 4 rings (SSSR count). The molecule has 6 atom stereocenters. The van der Waals surface area contributed by atoms with Crippen molar-refractivity contribution in [1.29, 1.82) is 0 Å². The summed E-state index contributed by atoms with van der Waals surface area (Å²) in [5, 5.41) is 13.7. The first-order valence-corrected chi connectivity index (χ1v) is 9.27. The molecule has 0 saturated carbocycles. The van der Waals surface area contributed by atoms with Gasteiger partial charge >= 0.3 is 0 Å². The van der Waals surface area contributed by atoms with Crippen LogP contribution in [0.3, 0.4) is 0 Å². The number of hydrogen-bond donors (Lipinski definition) is 2. The van der Waals surface area contributed by atoms with Gasteiger partial charge in [0.1, 0.15) is 24.4 Å². The van der Waals surface area contributed by atoms with Gasteiger partial charge in [0.2, 0.25) is 18.5 Å². The predicted octanol–water partition coefficient (Wildman–Crippen LogP) is 1.37. The van der Waals surface area contributed by atoms with Crippen LogP contribution in [-0.4, -0.2) is 55.4 Å². The fraction of sp³-hybridized carbons (Fsp3) is 0.450. The summed E-state index contributed by atoms with van der Waals surface area (Å²) >= 11 is 0. The fourth-order valence-electron chi connectivity index (χ4n) is 3.49. The minimum absolute atomic E-state index is 0.158. The standard InChI is InChI=1S/C20H23NO8/c1-11(22)21-16-17(23)18-15(10-26-19(29-18)14-8-5-9-25-14)28-20(16)27-13-7-4-3-6-12(13)24-2/h3-9,15-20,23H,10H2,1-2H3,(H,21,22)/t15-,16-,17+,18+,19+,20+/m1/s1. The van der Waals surface area contributed by atoms with Gasteiger partial charge in [-0.1, -0.05) is 12.1 Å². The molecule has 2 saturated heterocycles. The van der Waals surface area contributed by atoms with Crippen molar-refractivity contribution in [3.63, 3.8) is 0 Å². The van der Waals surface area contributed by atoms with E-state index in [2.05, 4.69) is 5.32 Å². The number of furan rings is 1. The second kappa shape index (κ2) is 8.42. The Morgan fingerprint density at radius 2 is 1.97 bits per heavy atom. The van der Waals surface area contributed by atoms with Crippen LogP contribution in [0.1, 0.15) is 19.0 Å². The summed E-state index contributed by atoms with van der Waals surface area (Å²) in [6.07, 6.45) is -2.67. The third-order valence-corrected chi connectivity index (χ3v) is 4.82. The molecule has 2 fully saturated rings. The van der Waals surface area contributed by atoms with Gasteiger partial charge in [0, 0.05) is 6.92 Å². The molecule has 0 unspecified atom stereocenters. The van der Waals surface area contributed by atoms with Crippen LogP contribution in [-0.2, 0) is 19.0 Å². The molecule has 2 aliphatic heterocycles. The molecular weight excluding hydrogens is 382 g/mol. The lowest BCUT2D eigenvalue weighted by Gasteiger charge is -2.47. The Morgan fingerprint density at radius 3 is 2.66 bits per heavy atom. The Morgan fingerprint density at radius 1 is 1.17 bits per heavy atom. The smallest absolute Gasteiger partial charge is 0.223 e. The number of ether oxygens (including phenoxy) is 5. The highest BCUT2D eigenvalue weighted by molar-refractivity contribution is 5.73. The largest absolute Gasteiger partial charge is 0.493 e. The van der Waals surface area contributed by atoms with Crippen molar-refractivity contribution in [3.05, 3.63) is 48.4 Å². The normalized spacial score (nSPS) is 31.6. The summed E-state index contributed by atoms with van der Waals surface area (Å²) < 4.78 is 34.2. The first-order chi connectivity index (χ1) is 14.1. The number of aliphatic hydroxyl groups excluding tert-OH is 1.